The van der Waals surface area contributed by atoms with E-state index in [0.717, 1.165) is 27.5 Å². The molecule has 0 saturated heterocycles. The maximum Gasteiger partial charge on any atom is 0.332 e. The monoisotopic (exact) mass is 477 g/mol. The molecule has 0 bridgehead atoms. The third-order valence-corrected chi connectivity index (χ3v) is 6.24. The van der Waals surface area contributed by atoms with Crippen LogP contribution < -0.4 is 21.3 Å². The minimum Gasteiger partial charge on any atom is -0.495 e. The largest absolute Gasteiger partial charge is 0.495 e. The van der Waals surface area contributed by atoms with Gasteiger partial charge in [0.05, 0.1) is 18.6 Å². The molecule has 174 valence electrons. The number of rotatable bonds is 6. The summed E-state index contributed by atoms with van der Waals surface area (Å²) in [5.41, 5.74) is 1.52. The van der Waals surface area contributed by atoms with Gasteiger partial charge < -0.3 is 10.1 Å². The van der Waals surface area contributed by atoms with Crippen molar-refractivity contribution in [2.45, 2.75) is 11.9 Å². The molecule has 4 rings (SSSR count). The van der Waals surface area contributed by atoms with Gasteiger partial charge >= 0.3 is 5.69 Å². The molecule has 0 radical (unpaired) electrons. The predicted molar refractivity (Wildman–Crippen MR) is 133 cm³/mol. The average molecular weight is 478 g/mol. The summed E-state index contributed by atoms with van der Waals surface area (Å²) in [5.74, 6) is 0.606. The normalized spacial score (nSPS) is 10.9. The molecule has 0 saturated carbocycles. The first-order valence-corrected chi connectivity index (χ1v) is 11.4. The second kappa shape index (κ2) is 9.52. The van der Waals surface area contributed by atoms with E-state index in [1.54, 1.807) is 25.2 Å². The van der Waals surface area contributed by atoms with Crippen LogP contribution in [0.25, 0.3) is 22.4 Å². The fourth-order valence-corrected chi connectivity index (χ4v) is 4.33. The van der Waals surface area contributed by atoms with Crippen LogP contribution in [0.4, 0.5) is 5.69 Å². The Morgan fingerprint density at radius 3 is 2.56 bits per heavy atom. The van der Waals surface area contributed by atoms with Crippen LogP contribution in [0.2, 0.25) is 0 Å². The number of benzene rings is 2. The molecule has 0 atom stereocenters. The van der Waals surface area contributed by atoms with E-state index in [1.807, 2.05) is 37.3 Å². The number of hydrogen-bond donors (Lipinski definition) is 1. The SMILES string of the molecule is COc1ccccc1NC(=O)CSc1nc(-c2cccc(C)c2)nc2c1c(=O)n(C)c(=O)n2C. The van der Waals surface area contributed by atoms with Crippen LogP contribution in [0, 0.1) is 6.92 Å². The number of nitrogens with one attached hydrogen (secondary N) is 1. The average Bonchev–Trinajstić information content (AvgIpc) is 2.84. The number of amides is 1. The smallest absolute Gasteiger partial charge is 0.332 e. The molecule has 0 fully saturated rings. The Kier molecular flexibility index (Phi) is 6.51. The first kappa shape index (κ1) is 23.2. The Morgan fingerprint density at radius 2 is 1.82 bits per heavy atom. The van der Waals surface area contributed by atoms with Gasteiger partial charge in [-0.15, -0.1) is 0 Å². The number of aryl methyl sites for hydroxylation is 2. The molecule has 1 N–H and O–H groups in total. The molecular formula is C24H23N5O4S. The van der Waals surface area contributed by atoms with E-state index in [2.05, 4.69) is 15.3 Å². The van der Waals surface area contributed by atoms with Gasteiger partial charge in [-0.3, -0.25) is 18.7 Å². The molecule has 10 heteroatoms. The third kappa shape index (κ3) is 4.44. The summed E-state index contributed by atoms with van der Waals surface area (Å²) in [7, 11) is 4.49. The summed E-state index contributed by atoms with van der Waals surface area (Å²) in [6, 6.07) is 14.7. The van der Waals surface area contributed by atoms with Gasteiger partial charge in [0.15, 0.2) is 11.5 Å². The molecule has 4 aromatic rings. The summed E-state index contributed by atoms with van der Waals surface area (Å²) < 4.78 is 7.60. The van der Waals surface area contributed by atoms with Gasteiger partial charge in [-0.2, -0.15) is 0 Å². The first-order valence-electron chi connectivity index (χ1n) is 10.4. The fourth-order valence-electron chi connectivity index (χ4n) is 3.51. The molecule has 9 nitrogen and oxygen atoms in total. The van der Waals surface area contributed by atoms with E-state index >= 15 is 0 Å². The third-order valence-electron chi connectivity index (χ3n) is 5.26. The van der Waals surface area contributed by atoms with Crippen LogP contribution in [-0.4, -0.2) is 37.9 Å². The number of para-hydroxylation sites is 2. The molecule has 34 heavy (non-hydrogen) atoms. The predicted octanol–water partition coefficient (Wildman–Crippen LogP) is 2.74. The van der Waals surface area contributed by atoms with Crippen molar-refractivity contribution in [3.8, 4) is 17.1 Å². The van der Waals surface area contributed by atoms with Crippen LogP contribution in [-0.2, 0) is 18.9 Å². The number of ether oxygens (including phenoxy) is 1. The summed E-state index contributed by atoms with van der Waals surface area (Å²) in [5, 5.41) is 3.33. The number of aromatic nitrogens is 4. The fraction of sp³-hybridized carbons (Fsp3) is 0.208. The van der Waals surface area contributed by atoms with Crippen LogP contribution in [0.15, 0.2) is 63.1 Å². The van der Waals surface area contributed by atoms with Crippen LogP contribution >= 0.6 is 11.8 Å². The van der Waals surface area contributed by atoms with Gasteiger partial charge in [0.1, 0.15) is 16.2 Å². The van der Waals surface area contributed by atoms with Crippen molar-refractivity contribution in [1.29, 1.82) is 0 Å². The van der Waals surface area contributed by atoms with E-state index in [9.17, 15) is 14.4 Å². The molecule has 1 amide bonds. The highest BCUT2D eigenvalue weighted by molar-refractivity contribution is 8.00. The zero-order chi connectivity index (χ0) is 24.4. The number of carbonyl (C=O) groups excluding carboxylic acids is 1. The highest BCUT2D eigenvalue weighted by Gasteiger charge is 2.19. The second-order valence-electron chi connectivity index (χ2n) is 7.66. The Hall–Kier alpha value is -3.92. The van der Waals surface area contributed by atoms with Crippen LogP contribution in [0.1, 0.15) is 5.56 Å². The van der Waals surface area contributed by atoms with Crippen molar-refractivity contribution in [2.24, 2.45) is 14.1 Å². The molecular weight excluding hydrogens is 454 g/mol. The lowest BCUT2D eigenvalue weighted by molar-refractivity contribution is -0.113. The Bertz CT molecular complexity index is 1530. The van der Waals surface area contributed by atoms with Crippen molar-refractivity contribution in [1.82, 2.24) is 19.1 Å². The van der Waals surface area contributed by atoms with Crippen LogP contribution in [0.5, 0.6) is 5.75 Å². The lowest BCUT2D eigenvalue weighted by Gasteiger charge is -2.13. The number of anilines is 1. The maximum atomic E-state index is 13.0. The molecule has 2 aromatic carbocycles. The van der Waals surface area contributed by atoms with Crippen molar-refractivity contribution >= 4 is 34.4 Å². The van der Waals surface area contributed by atoms with E-state index < -0.39 is 11.2 Å². The van der Waals surface area contributed by atoms with Crippen molar-refractivity contribution in [2.75, 3.05) is 18.2 Å². The number of carbonyl (C=O) groups is 1. The van der Waals surface area contributed by atoms with Crippen molar-refractivity contribution in [3.63, 3.8) is 0 Å². The van der Waals surface area contributed by atoms with Gasteiger partial charge in [0, 0.05) is 19.7 Å². The van der Waals surface area contributed by atoms with E-state index in [1.165, 1.54) is 18.7 Å². The first-order chi connectivity index (χ1) is 16.3. The van der Waals surface area contributed by atoms with Crippen LogP contribution in [0.3, 0.4) is 0 Å². The summed E-state index contributed by atoms with van der Waals surface area (Å²) in [6.45, 7) is 1.95. The second-order valence-corrected chi connectivity index (χ2v) is 8.63. The summed E-state index contributed by atoms with van der Waals surface area (Å²) in [6.07, 6.45) is 0. The molecule has 0 spiro atoms. The molecule has 0 aliphatic heterocycles. The highest BCUT2D eigenvalue weighted by Crippen LogP contribution is 2.27. The molecule has 2 aromatic heterocycles. The minimum atomic E-state index is -0.512. The van der Waals surface area contributed by atoms with Gasteiger partial charge in [-0.25, -0.2) is 14.8 Å². The number of nitrogens with zero attached hydrogens (tertiary/aromatic N) is 4. The number of fused-ring (bicyclic) bond motifs is 1. The van der Waals surface area contributed by atoms with E-state index in [-0.39, 0.29) is 22.7 Å². The molecule has 0 unspecified atom stereocenters. The van der Waals surface area contributed by atoms with E-state index in [4.69, 9.17) is 4.74 Å². The summed E-state index contributed by atoms with van der Waals surface area (Å²) >= 11 is 1.11. The van der Waals surface area contributed by atoms with Crippen molar-refractivity contribution < 1.29 is 9.53 Å². The standard InChI is InChI=1S/C24H23N5O4S/c1-14-8-7-9-15(12-14)20-26-21-19(23(31)29(3)24(32)28(21)2)22(27-20)34-13-18(30)25-16-10-5-6-11-17(16)33-4/h5-12H,13H2,1-4H3,(H,25,30). The van der Waals surface area contributed by atoms with Gasteiger partial charge in [-0.05, 0) is 25.1 Å². The van der Waals surface area contributed by atoms with Gasteiger partial charge in [0.2, 0.25) is 5.91 Å². The Balaban J connectivity index is 1.76. The number of methoxy groups -OCH3 is 1. The van der Waals surface area contributed by atoms with Crippen molar-refractivity contribution in [3.05, 3.63) is 74.9 Å². The molecule has 0 aliphatic rings. The number of hydrogen-bond acceptors (Lipinski definition) is 7. The maximum absolute atomic E-state index is 13.0. The van der Waals surface area contributed by atoms with Gasteiger partial charge in [-0.1, -0.05) is 47.7 Å². The van der Waals surface area contributed by atoms with E-state index in [0.29, 0.717) is 22.3 Å². The molecule has 2 heterocycles. The Morgan fingerprint density at radius 1 is 1.06 bits per heavy atom. The zero-order valence-electron chi connectivity index (χ0n) is 19.2. The highest BCUT2D eigenvalue weighted by atomic mass is 32.2. The topological polar surface area (TPSA) is 108 Å². The summed E-state index contributed by atoms with van der Waals surface area (Å²) in [4.78, 5) is 47.4. The molecule has 0 aliphatic carbocycles. The zero-order valence-corrected chi connectivity index (χ0v) is 20.0. The Labute approximate surface area is 199 Å². The minimum absolute atomic E-state index is 0.0105. The quantitative estimate of drug-likeness (QED) is 0.336. The number of thioether (sulfide) groups is 1. The van der Waals surface area contributed by atoms with Gasteiger partial charge in [0.25, 0.3) is 5.56 Å². The lowest BCUT2D eigenvalue weighted by atomic mass is 10.1. The lowest BCUT2D eigenvalue weighted by Crippen LogP contribution is -2.37.